The molecule has 0 aliphatic heterocycles. The predicted octanol–water partition coefficient (Wildman–Crippen LogP) is 4.03. The number of amides is 1. The summed E-state index contributed by atoms with van der Waals surface area (Å²) in [5.41, 5.74) is 0.613. The van der Waals surface area contributed by atoms with Gasteiger partial charge in [-0.25, -0.2) is 0 Å². The van der Waals surface area contributed by atoms with Gasteiger partial charge in [0.05, 0.1) is 17.9 Å². The Hall–Kier alpha value is -2.08. The average Bonchev–Trinajstić information content (AvgIpc) is 2.85. The standard InChI is InChI=1S/C14H12ClF2NO3/c1-8(18-13(19)10-6-7-20-12(10)15)9-4-2-3-5-11(9)21-14(16)17/h2-8,14H,1H3,(H,18,19). The molecule has 0 spiro atoms. The van der Waals surface area contributed by atoms with Gasteiger partial charge in [-0.3, -0.25) is 4.79 Å². The van der Waals surface area contributed by atoms with Gasteiger partial charge in [-0.1, -0.05) is 18.2 Å². The van der Waals surface area contributed by atoms with Crippen molar-refractivity contribution < 1.29 is 22.7 Å². The summed E-state index contributed by atoms with van der Waals surface area (Å²) in [6.45, 7) is -1.28. The van der Waals surface area contributed by atoms with Crippen LogP contribution in [0.25, 0.3) is 0 Å². The monoisotopic (exact) mass is 315 g/mol. The van der Waals surface area contributed by atoms with E-state index in [0.29, 0.717) is 5.56 Å². The van der Waals surface area contributed by atoms with Crippen LogP contribution in [-0.2, 0) is 0 Å². The van der Waals surface area contributed by atoms with E-state index < -0.39 is 18.6 Å². The van der Waals surface area contributed by atoms with E-state index in [4.69, 9.17) is 16.0 Å². The summed E-state index contributed by atoms with van der Waals surface area (Å²) in [4.78, 5) is 12.0. The van der Waals surface area contributed by atoms with E-state index in [2.05, 4.69) is 10.1 Å². The van der Waals surface area contributed by atoms with E-state index >= 15 is 0 Å². The van der Waals surface area contributed by atoms with Crippen LogP contribution in [0.5, 0.6) is 5.75 Å². The van der Waals surface area contributed by atoms with Gasteiger partial charge in [0.15, 0.2) is 0 Å². The van der Waals surface area contributed by atoms with Crippen molar-refractivity contribution in [2.45, 2.75) is 19.6 Å². The Morgan fingerprint density at radius 3 is 2.67 bits per heavy atom. The first-order valence-corrected chi connectivity index (χ1v) is 6.44. The van der Waals surface area contributed by atoms with Gasteiger partial charge in [0.25, 0.3) is 5.91 Å². The Morgan fingerprint density at radius 1 is 1.33 bits per heavy atom. The number of carbonyl (C=O) groups excluding carboxylic acids is 1. The van der Waals surface area contributed by atoms with E-state index in [1.807, 2.05) is 0 Å². The summed E-state index contributed by atoms with van der Waals surface area (Å²) in [6.07, 6.45) is 1.29. The summed E-state index contributed by atoms with van der Waals surface area (Å²) >= 11 is 5.71. The number of para-hydroxylation sites is 1. The van der Waals surface area contributed by atoms with Gasteiger partial charge in [-0.05, 0) is 30.7 Å². The molecular formula is C14H12ClF2NO3. The maximum atomic E-state index is 12.4. The molecule has 0 saturated heterocycles. The maximum Gasteiger partial charge on any atom is 0.387 e. The van der Waals surface area contributed by atoms with Crippen molar-refractivity contribution in [3.05, 3.63) is 52.9 Å². The molecular weight excluding hydrogens is 304 g/mol. The number of rotatable bonds is 5. The molecule has 1 unspecified atom stereocenters. The Bertz CT molecular complexity index is 630. The molecule has 0 radical (unpaired) electrons. The SMILES string of the molecule is CC(NC(=O)c1ccoc1Cl)c1ccccc1OC(F)F. The highest BCUT2D eigenvalue weighted by atomic mass is 35.5. The smallest absolute Gasteiger partial charge is 0.387 e. The number of furan rings is 1. The second kappa shape index (κ2) is 6.58. The van der Waals surface area contributed by atoms with Crippen LogP contribution in [0.15, 0.2) is 41.0 Å². The lowest BCUT2D eigenvalue weighted by molar-refractivity contribution is -0.0506. The summed E-state index contributed by atoms with van der Waals surface area (Å²) < 4.78 is 34.0. The lowest BCUT2D eigenvalue weighted by Gasteiger charge is -2.17. The molecule has 2 rings (SSSR count). The first-order chi connectivity index (χ1) is 9.99. The minimum absolute atomic E-state index is 0.0126. The number of carbonyl (C=O) groups is 1. The zero-order valence-corrected chi connectivity index (χ0v) is 11.7. The van der Waals surface area contributed by atoms with Crippen LogP contribution in [0.1, 0.15) is 28.9 Å². The largest absolute Gasteiger partial charge is 0.452 e. The fourth-order valence-corrected chi connectivity index (χ4v) is 2.05. The number of alkyl halides is 2. The molecule has 2 aromatic rings. The van der Waals surface area contributed by atoms with E-state index in [1.54, 1.807) is 25.1 Å². The highest BCUT2D eigenvalue weighted by Crippen LogP contribution is 2.27. The molecule has 1 aromatic carbocycles. The maximum absolute atomic E-state index is 12.4. The fraction of sp³-hybridized carbons (Fsp3) is 0.214. The number of hydrogen-bond acceptors (Lipinski definition) is 3. The molecule has 0 bridgehead atoms. The van der Waals surface area contributed by atoms with Crippen molar-refractivity contribution in [2.75, 3.05) is 0 Å². The molecule has 1 atom stereocenters. The van der Waals surface area contributed by atoms with Gasteiger partial charge in [-0.2, -0.15) is 8.78 Å². The number of benzene rings is 1. The molecule has 4 nitrogen and oxygen atoms in total. The Kier molecular flexibility index (Phi) is 4.80. The summed E-state index contributed by atoms with van der Waals surface area (Å²) in [7, 11) is 0. The van der Waals surface area contributed by atoms with Crippen LogP contribution >= 0.6 is 11.6 Å². The molecule has 1 aromatic heterocycles. The summed E-state index contributed by atoms with van der Waals surface area (Å²) in [5.74, 6) is -0.452. The van der Waals surface area contributed by atoms with Gasteiger partial charge in [0, 0.05) is 5.56 Å². The minimum Gasteiger partial charge on any atom is -0.452 e. The summed E-state index contributed by atoms with van der Waals surface area (Å²) in [6, 6.07) is 7.13. The predicted molar refractivity (Wildman–Crippen MR) is 72.7 cm³/mol. The molecule has 0 aliphatic carbocycles. The van der Waals surface area contributed by atoms with Crippen LogP contribution in [0.2, 0.25) is 5.22 Å². The van der Waals surface area contributed by atoms with Gasteiger partial charge in [-0.15, -0.1) is 0 Å². The third-order valence-electron chi connectivity index (χ3n) is 2.81. The number of nitrogens with one attached hydrogen (secondary N) is 1. The third kappa shape index (κ3) is 3.72. The van der Waals surface area contributed by atoms with E-state index in [9.17, 15) is 13.6 Å². The molecule has 112 valence electrons. The molecule has 1 heterocycles. The lowest BCUT2D eigenvalue weighted by atomic mass is 10.1. The molecule has 0 aliphatic rings. The van der Waals surface area contributed by atoms with Crippen molar-refractivity contribution in [3.63, 3.8) is 0 Å². The number of ether oxygens (including phenoxy) is 1. The Balaban J connectivity index is 2.15. The number of hydrogen-bond donors (Lipinski definition) is 1. The quantitative estimate of drug-likeness (QED) is 0.906. The van der Waals surface area contributed by atoms with E-state index in [1.165, 1.54) is 18.4 Å². The van der Waals surface area contributed by atoms with E-state index in [-0.39, 0.29) is 16.5 Å². The zero-order valence-electron chi connectivity index (χ0n) is 11.0. The second-order valence-electron chi connectivity index (χ2n) is 4.22. The van der Waals surface area contributed by atoms with Gasteiger partial charge in [0.2, 0.25) is 5.22 Å². The van der Waals surface area contributed by atoms with Crippen LogP contribution < -0.4 is 10.1 Å². The number of halogens is 3. The third-order valence-corrected chi connectivity index (χ3v) is 3.10. The molecule has 1 N–H and O–H groups in total. The normalized spacial score (nSPS) is 12.2. The van der Waals surface area contributed by atoms with Crippen LogP contribution in [-0.4, -0.2) is 12.5 Å². The lowest BCUT2D eigenvalue weighted by Crippen LogP contribution is -2.27. The highest BCUT2D eigenvalue weighted by Gasteiger charge is 2.19. The van der Waals surface area contributed by atoms with Gasteiger partial charge in [0.1, 0.15) is 5.75 Å². The second-order valence-corrected chi connectivity index (χ2v) is 4.56. The highest BCUT2D eigenvalue weighted by molar-refractivity contribution is 6.32. The Morgan fingerprint density at radius 2 is 2.05 bits per heavy atom. The molecule has 21 heavy (non-hydrogen) atoms. The zero-order chi connectivity index (χ0) is 15.4. The molecule has 7 heteroatoms. The van der Waals surface area contributed by atoms with Gasteiger partial charge >= 0.3 is 6.61 Å². The minimum atomic E-state index is -2.93. The summed E-state index contributed by atoms with van der Waals surface area (Å²) in [5, 5.41) is 2.61. The first kappa shape index (κ1) is 15.3. The molecule has 1 amide bonds. The van der Waals surface area contributed by atoms with Crippen molar-refractivity contribution in [1.82, 2.24) is 5.32 Å². The fourth-order valence-electron chi connectivity index (χ4n) is 1.85. The molecule has 0 saturated carbocycles. The first-order valence-electron chi connectivity index (χ1n) is 6.06. The molecule has 0 fully saturated rings. The van der Waals surface area contributed by atoms with Crippen LogP contribution in [0.4, 0.5) is 8.78 Å². The van der Waals surface area contributed by atoms with Crippen LogP contribution in [0, 0.1) is 0 Å². The van der Waals surface area contributed by atoms with Crippen LogP contribution in [0.3, 0.4) is 0 Å². The average molecular weight is 316 g/mol. The van der Waals surface area contributed by atoms with Crippen molar-refractivity contribution in [2.24, 2.45) is 0 Å². The topological polar surface area (TPSA) is 51.5 Å². The van der Waals surface area contributed by atoms with E-state index in [0.717, 1.165) is 0 Å². The van der Waals surface area contributed by atoms with Gasteiger partial charge < -0.3 is 14.5 Å². The van der Waals surface area contributed by atoms with Crippen molar-refractivity contribution >= 4 is 17.5 Å². The Labute approximate surface area is 124 Å². The van der Waals surface area contributed by atoms with Crippen molar-refractivity contribution in [1.29, 1.82) is 0 Å². The van der Waals surface area contributed by atoms with Crippen molar-refractivity contribution in [3.8, 4) is 5.75 Å².